The van der Waals surface area contributed by atoms with Crippen LogP contribution in [0.4, 0.5) is 5.13 Å². The van der Waals surface area contributed by atoms with Gasteiger partial charge in [0.2, 0.25) is 0 Å². The lowest BCUT2D eigenvalue weighted by atomic mass is 10.1. The van der Waals surface area contributed by atoms with Crippen LogP contribution in [0.2, 0.25) is 0 Å². The van der Waals surface area contributed by atoms with Gasteiger partial charge in [0.05, 0.1) is 19.9 Å². The third-order valence-electron chi connectivity index (χ3n) is 2.85. The first kappa shape index (κ1) is 13.7. The van der Waals surface area contributed by atoms with E-state index < -0.39 is 0 Å². The smallest absolute Gasteiger partial charge is 0.180 e. The molecule has 102 valence electrons. The lowest BCUT2D eigenvalue weighted by Crippen LogP contribution is -1.92. The Bertz CT molecular complexity index is 567. The molecule has 2 rings (SSSR count). The van der Waals surface area contributed by atoms with Gasteiger partial charge in [-0.3, -0.25) is 0 Å². The quantitative estimate of drug-likeness (QED) is 0.911. The number of nitrogen functional groups attached to an aromatic ring is 1. The SMILES string of the molecule is CCCc1sc(N)nc1-c1ccc(OC)c(OC)c1. The summed E-state index contributed by atoms with van der Waals surface area (Å²) in [5.74, 6) is 1.42. The van der Waals surface area contributed by atoms with Crippen LogP contribution in [-0.2, 0) is 6.42 Å². The van der Waals surface area contributed by atoms with Crippen LogP contribution in [0.3, 0.4) is 0 Å². The van der Waals surface area contributed by atoms with E-state index in [1.807, 2.05) is 18.2 Å². The largest absolute Gasteiger partial charge is 0.493 e. The molecular weight excluding hydrogens is 260 g/mol. The number of aryl methyl sites for hydroxylation is 1. The standard InChI is InChI=1S/C14H18N2O2S/c1-4-5-12-13(16-14(15)19-12)9-6-7-10(17-2)11(8-9)18-3/h6-8H,4-5H2,1-3H3,(H2,15,16). The van der Waals surface area contributed by atoms with Crippen LogP contribution < -0.4 is 15.2 Å². The number of methoxy groups -OCH3 is 2. The first-order chi connectivity index (χ1) is 9.19. The van der Waals surface area contributed by atoms with Crippen molar-refractivity contribution in [2.75, 3.05) is 20.0 Å². The molecule has 0 fully saturated rings. The molecular formula is C14H18N2O2S. The molecule has 0 atom stereocenters. The number of nitrogens with two attached hydrogens (primary N) is 1. The zero-order chi connectivity index (χ0) is 13.8. The number of hydrogen-bond acceptors (Lipinski definition) is 5. The second kappa shape index (κ2) is 5.93. The summed E-state index contributed by atoms with van der Waals surface area (Å²) < 4.78 is 10.6. The van der Waals surface area contributed by atoms with E-state index in [0.717, 1.165) is 24.1 Å². The average Bonchev–Trinajstić information content (AvgIpc) is 2.79. The number of ether oxygens (including phenoxy) is 2. The Morgan fingerprint density at radius 2 is 1.95 bits per heavy atom. The van der Waals surface area contributed by atoms with Gasteiger partial charge in [0.25, 0.3) is 0 Å². The highest BCUT2D eigenvalue weighted by atomic mass is 32.1. The molecule has 0 spiro atoms. The van der Waals surface area contributed by atoms with Crippen molar-refractivity contribution in [2.45, 2.75) is 19.8 Å². The van der Waals surface area contributed by atoms with Crippen molar-refractivity contribution in [3.63, 3.8) is 0 Å². The molecule has 0 saturated heterocycles. The van der Waals surface area contributed by atoms with Crippen molar-refractivity contribution in [3.8, 4) is 22.8 Å². The minimum absolute atomic E-state index is 0.605. The Morgan fingerprint density at radius 3 is 2.58 bits per heavy atom. The number of benzene rings is 1. The van der Waals surface area contributed by atoms with Gasteiger partial charge in [-0.25, -0.2) is 4.98 Å². The van der Waals surface area contributed by atoms with Gasteiger partial charge in [-0.2, -0.15) is 0 Å². The fourth-order valence-electron chi connectivity index (χ4n) is 1.98. The molecule has 2 N–H and O–H groups in total. The second-order valence-corrected chi connectivity index (χ2v) is 5.26. The van der Waals surface area contributed by atoms with E-state index in [4.69, 9.17) is 15.2 Å². The van der Waals surface area contributed by atoms with Crippen LogP contribution in [0.15, 0.2) is 18.2 Å². The number of aromatic nitrogens is 1. The molecule has 0 aliphatic carbocycles. The van der Waals surface area contributed by atoms with Gasteiger partial charge in [0.1, 0.15) is 0 Å². The van der Waals surface area contributed by atoms with E-state index in [1.165, 1.54) is 4.88 Å². The lowest BCUT2D eigenvalue weighted by Gasteiger charge is -2.09. The van der Waals surface area contributed by atoms with Gasteiger partial charge >= 0.3 is 0 Å². The Kier molecular flexibility index (Phi) is 4.27. The molecule has 19 heavy (non-hydrogen) atoms. The molecule has 1 heterocycles. The highest BCUT2D eigenvalue weighted by molar-refractivity contribution is 7.15. The third-order valence-corrected chi connectivity index (χ3v) is 3.79. The van der Waals surface area contributed by atoms with Gasteiger partial charge in [-0.05, 0) is 24.6 Å². The predicted octanol–water partition coefficient (Wildman–Crippen LogP) is 3.36. The normalized spacial score (nSPS) is 10.5. The number of nitrogens with zero attached hydrogens (tertiary/aromatic N) is 1. The van der Waals surface area contributed by atoms with Crippen LogP contribution in [-0.4, -0.2) is 19.2 Å². The average molecular weight is 278 g/mol. The Balaban J connectivity index is 2.46. The zero-order valence-corrected chi connectivity index (χ0v) is 12.2. The van der Waals surface area contributed by atoms with Crippen molar-refractivity contribution < 1.29 is 9.47 Å². The molecule has 1 aromatic carbocycles. The maximum Gasteiger partial charge on any atom is 0.180 e. The highest BCUT2D eigenvalue weighted by Crippen LogP contribution is 2.36. The molecule has 0 aliphatic rings. The van der Waals surface area contributed by atoms with E-state index in [9.17, 15) is 0 Å². The summed E-state index contributed by atoms with van der Waals surface area (Å²) in [7, 11) is 3.25. The molecule has 0 unspecified atom stereocenters. The minimum Gasteiger partial charge on any atom is -0.493 e. The van der Waals surface area contributed by atoms with E-state index in [1.54, 1.807) is 25.6 Å². The van der Waals surface area contributed by atoms with Gasteiger partial charge in [0, 0.05) is 10.4 Å². The van der Waals surface area contributed by atoms with Gasteiger partial charge in [-0.15, -0.1) is 11.3 Å². The molecule has 5 heteroatoms. The number of thiazole rings is 1. The van der Waals surface area contributed by atoms with Crippen LogP contribution in [0, 0.1) is 0 Å². The summed E-state index contributed by atoms with van der Waals surface area (Å²) in [4.78, 5) is 5.65. The molecule has 0 bridgehead atoms. The minimum atomic E-state index is 0.605. The maximum absolute atomic E-state index is 5.83. The Labute approximate surface area is 117 Å². The van der Waals surface area contributed by atoms with Crippen molar-refractivity contribution in [2.24, 2.45) is 0 Å². The van der Waals surface area contributed by atoms with E-state index >= 15 is 0 Å². The topological polar surface area (TPSA) is 57.4 Å². The first-order valence-electron chi connectivity index (χ1n) is 6.17. The Morgan fingerprint density at radius 1 is 1.21 bits per heavy atom. The fourth-order valence-corrected chi connectivity index (χ4v) is 2.93. The van der Waals surface area contributed by atoms with Crippen LogP contribution in [0.1, 0.15) is 18.2 Å². The van der Waals surface area contributed by atoms with E-state index in [0.29, 0.717) is 16.6 Å². The van der Waals surface area contributed by atoms with Crippen molar-refractivity contribution in [3.05, 3.63) is 23.1 Å². The third kappa shape index (κ3) is 2.81. The molecule has 0 saturated carbocycles. The van der Waals surface area contributed by atoms with E-state index in [-0.39, 0.29) is 0 Å². The van der Waals surface area contributed by atoms with Crippen molar-refractivity contribution in [1.82, 2.24) is 4.98 Å². The molecule has 1 aromatic heterocycles. The maximum atomic E-state index is 5.83. The number of anilines is 1. The first-order valence-corrected chi connectivity index (χ1v) is 6.98. The van der Waals surface area contributed by atoms with Crippen molar-refractivity contribution in [1.29, 1.82) is 0 Å². The molecule has 0 radical (unpaired) electrons. The summed E-state index contributed by atoms with van der Waals surface area (Å²) in [6, 6.07) is 5.81. The summed E-state index contributed by atoms with van der Waals surface area (Å²) in [6.07, 6.45) is 2.06. The van der Waals surface area contributed by atoms with Gasteiger partial charge < -0.3 is 15.2 Å². The summed E-state index contributed by atoms with van der Waals surface area (Å²) in [5.41, 5.74) is 7.78. The fraction of sp³-hybridized carbons (Fsp3) is 0.357. The van der Waals surface area contributed by atoms with Gasteiger partial charge in [-0.1, -0.05) is 13.3 Å². The van der Waals surface area contributed by atoms with Crippen molar-refractivity contribution >= 4 is 16.5 Å². The van der Waals surface area contributed by atoms with Crippen LogP contribution >= 0.6 is 11.3 Å². The molecule has 0 aliphatic heterocycles. The lowest BCUT2D eigenvalue weighted by molar-refractivity contribution is 0.355. The second-order valence-electron chi connectivity index (χ2n) is 4.14. The molecule has 4 nitrogen and oxygen atoms in total. The highest BCUT2D eigenvalue weighted by Gasteiger charge is 2.13. The van der Waals surface area contributed by atoms with E-state index in [2.05, 4.69) is 11.9 Å². The number of hydrogen-bond donors (Lipinski definition) is 1. The monoisotopic (exact) mass is 278 g/mol. The summed E-state index contributed by atoms with van der Waals surface area (Å²) in [6.45, 7) is 2.15. The van der Waals surface area contributed by atoms with Gasteiger partial charge in [0.15, 0.2) is 16.6 Å². The summed E-state index contributed by atoms with van der Waals surface area (Å²) >= 11 is 1.55. The predicted molar refractivity (Wildman–Crippen MR) is 79.1 cm³/mol. The zero-order valence-electron chi connectivity index (χ0n) is 11.4. The number of rotatable bonds is 5. The molecule has 0 amide bonds. The van der Waals surface area contributed by atoms with Crippen LogP contribution in [0.25, 0.3) is 11.3 Å². The van der Waals surface area contributed by atoms with Crippen LogP contribution in [0.5, 0.6) is 11.5 Å². The summed E-state index contributed by atoms with van der Waals surface area (Å²) in [5, 5.41) is 0.605. The molecule has 2 aromatic rings. The Hall–Kier alpha value is -1.75.